The zero-order chi connectivity index (χ0) is 20.4. The molecule has 3 aromatic rings. The summed E-state index contributed by atoms with van der Waals surface area (Å²) in [6, 6.07) is 10.2. The average molecular weight is 391 g/mol. The van der Waals surface area contributed by atoms with E-state index in [1.807, 2.05) is 6.07 Å². The van der Waals surface area contributed by atoms with Gasteiger partial charge in [-0.25, -0.2) is 9.97 Å². The van der Waals surface area contributed by atoms with Gasteiger partial charge in [-0.05, 0) is 32.8 Å². The van der Waals surface area contributed by atoms with Crippen molar-refractivity contribution in [1.29, 1.82) is 0 Å². The summed E-state index contributed by atoms with van der Waals surface area (Å²) < 4.78 is 0. The molecular weight excluding hydrogens is 366 g/mol. The fourth-order valence-electron chi connectivity index (χ4n) is 3.92. The number of H-pyrrole nitrogens is 1. The number of piperidine rings is 1. The summed E-state index contributed by atoms with van der Waals surface area (Å²) in [6.07, 6.45) is 3.96. The zero-order valence-electron chi connectivity index (χ0n) is 16.7. The molecule has 2 N–H and O–H groups in total. The standard InChI is InChI=1S/C22H25N5O2/c1-14-3-5-16(6-4-14)20-19(18-7-10-23-13-24-18)21(26-25-20)17-8-11-27(12-9-17)22(29)15(2)28/h3-7,10,13,15,17,28H,8-9,11-12H2,1-2H3,(H,25,26). The Morgan fingerprint density at radius 2 is 1.93 bits per heavy atom. The maximum absolute atomic E-state index is 12.1. The molecule has 1 aliphatic rings. The molecule has 0 radical (unpaired) electrons. The Hall–Kier alpha value is -3.06. The third-order valence-electron chi connectivity index (χ3n) is 5.53. The number of amides is 1. The molecule has 1 fully saturated rings. The summed E-state index contributed by atoms with van der Waals surface area (Å²) in [5.41, 5.74) is 5.99. The van der Waals surface area contributed by atoms with Gasteiger partial charge in [0.2, 0.25) is 0 Å². The van der Waals surface area contributed by atoms with E-state index < -0.39 is 6.10 Å². The molecule has 29 heavy (non-hydrogen) atoms. The molecule has 0 spiro atoms. The molecule has 2 aromatic heterocycles. The molecule has 0 saturated carbocycles. The van der Waals surface area contributed by atoms with Gasteiger partial charge in [0.15, 0.2) is 0 Å². The van der Waals surface area contributed by atoms with Gasteiger partial charge in [0.1, 0.15) is 18.1 Å². The number of carbonyl (C=O) groups excluding carboxylic acids is 1. The molecule has 7 nitrogen and oxygen atoms in total. The Bertz CT molecular complexity index is 974. The normalized spacial score (nSPS) is 16.0. The van der Waals surface area contributed by atoms with Crippen molar-refractivity contribution in [2.75, 3.05) is 13.1 Å². The van der Waals surface area contributed by atoms with E-state index in [0.29, 0.717) is 13.1 Å². The third kappa shape index (κ3) is 3.91. The maximum Gasteiger partial charge on any atom is 0.251 e. The van der Waals surface area contributed by atoms with E-state index in [2.05, 4.69) is 51.4 Å². The average Bonchev–Trinajstić information content (AvgIpc) is 3.19. The Morgan fingerprint density at radius 3 is 2.55 bits per heavy atom. The number of aromatic amines is 1. The van der Waals surface area contributed by atoms with Gasteiger partial charge in [0.05, 0.1) is 5.69 Å². The van der Waals surface area contributed by atoms with Crippen molar-refractivity contribution in [3.63, 3.8) is 0 Å². The van der Waals surface area contributed by atoms with Crippen molar-refractivity contribution < 1.29 is 9.90 Å². The maximum atomic E-state index is 12.1. The first-order valence-corrected chi connectivity index (χ1v) is 9.93. The van der Waals surface area contributed by atoms with Crippen LogP contribution in [0.2, 0.25) is 0 Å². The summed E-state index contributed by atoms with van der Waals surface area (Å²) in [4.78, 5) is 22.3. The van der Waals surface area contributed by atoms with Gasteiger partial charge >= 0.3 is 0 Å². The van der Waals surface area contributed by atoms with Crippen molar-refractivity contribution in [3.8, 4) is 22.5 Å². The third-order valence-corrected chi connectivity index (χ3v) is 5.53. The highest BCUT2D eigenvalue weighted by molar-refractivity contribution is 5.82. The minimum absolute atomic E-state index is 0.204. The highest BCUT2D eigenvalue weighted by atomic mass is 16.3. The topological polar surface area (TPSA) is 95.0 Å². The number of carbonyl (C=O) groups is 1. The smallest absolute Gasteiger partial charge is 0.251 e. The summed E-state index contributed by atoms with van der Waals surface area (Å²) in [7, 11) is 0. The molecule has 3 heterocycles. The van der Waals surface area contributed by atoms with Crippen LogP contribution >= 0.6 is 0 Å². The van der Waals surface area contributed by atoms with Crippen molar-refractivity contribution in [3.05, 3.63) is 54.1 Å². The highest BCUT2D eigenvalue weighted by Crippen LogP contribution is 2.39. The van der Waals surface area contributed by atoms with Crippen LogP contribution < -0.4 is 0 Å². The minimum Gasteiger partial charge on any atom is -0.384 e. The second-order valence-electron chi connectivity index (χ2n) is 7.60. The van der Waals surface area contributed by atoms with E-state index >= 15 is 0 Å². The lowest BCUT2D eigenvalue weighted by Gasteiger charge is -2.32. The second kappa shape index (κ2) is 8.13. The molecule has 1 unspecified atom stereocenters. The van der Waals surface area contributed by atoms with Gasteiger partial charge in [-0.2, -0.15) is 5.10 Å². The fraction of sp³-hybridized carbons (Fsp3) is 0.364. The molecule has 1 atom stereocenters. The first-order chi connectivity index (χ1) is 14.0. The lowest BCUT2D eigenvalue weighted by molar-refractivity contribution is -0.140. The number of hydrogen-bond donors (Lipinski definition) is 2. The van der Waals surface area contributed by atoms with Gasteiger partial charge < -0.3 is 10.0 Å². The number of aliphatic hydroxyl groups excluding tert-OH is 1. The Labute approximate surface area is 169 Å². The van der Waals surface area contributed by atoms with Gasteiger partial charge in [0, 0.05) is 42.0 Å². The van der Waals surface area contributed by atoms with Crippen LogP contribution in [0.5, 0.6) is 0 Å². The van der Waals surface area contributed by atoms with Crippen LogP contribution in [0.25, 0.3) is 22.5 Å². The fourth-order valence-corrected chi connectivity index (χ4v) is 3.92. The van der Waals surface area contributed by atoms with E-state index in [1.165, 1.54) is 12.5 Å². The second-order valence-corrected chi connectivity index (χ2v) is 7.60. The Kier molecular flexibility index (Phi) is 5.40. The van der Waals surface area contributed by atoms with E-state index in [9.17, 15) is 9.90 Å². The van der Waals surface area contributed by atoms with Gasteiger partial charge in [-0.3, -0.25) is 9.89 Å². The van der Waals surface area contributed by atoms with Crippen LogP contribution in [0.15, 0.2) is 42.9 Å². The van der Waals surface area contributed by atoms with Crippen LogP contribution in [-0.4, -0.2) is 55.3 Å². The lowest BCUT2D eigenvalue weighted by atomic mass is 9.88. The van der Waals surface area contributed by atoms with E-state index in [0.717, 1.165) is 41.1 Å². The largest absolute Gasteiger partial charge is 0.384 e. The first kappa shape index (κ1) is 19.3. The van der Waals surface area contributed by atoms with Crippen molar-refractivity contribution in [2.24, 2.45) is 0 Å². The number of likely N-dealkylation sites (tertiary alicyclic amines) is 1. The number of aryl methyl sites for hydroxylation is 1. The molecule has 1 aliphatic heterocycles. The molecule has 1 amide bonds. The Morgan fingerprint density at radius 1 is 1.21 bits per heavy atom. The molecule has 150 valence electrons. The number of rotatable bonds is 4. The number of benzene rings is 1. The summed E-state index contributed by atoms with van der Waals surface area (Å²) in [5, 5.41) is 17.5. The van der Waals surface area contributed by atoms with Crippen molar-refractivity contribution in [2.45, 2.75) is 38.7 Å². The minimum atomic E-state index is -0.955. The van der Waals surface area contributed by atoms with Crippen molar-refractivity contribution >= 4 is 5.91 Å². The predicted molar refractivity (Wildman–Crippen MR) is 110 cm³/mol. The van der Waals surface area contributed by atoms with Crippen LogP contribution in [0.4, 0.5) is 0 Å². The summed E-state index contributed by atoms with van der Waals surface area (Å²) in [5.74, 6) is 0.0362. The number of hydrogen-bond acceptors (Lipinski definition) is 5. The van der Waals surface area contributed by atoms with Crippen LogP contribution in [0.3, 0.4) is 0 Å². The Balaban J connectivity index is 1.68. The molecule has 1 saturated heterocycles. The van der Waals surface area contributed by atoms with Crippen molar-refractivity contribution in [1.82, 2.24) is 25.1 Å². The van der Waals surface area contributed by atoms with E-state index in [4.69, 9.17) is 0 Å². The summed E-state index contributed by atoms with van der Waals surface area (Å²) in [6.45, 7) is 4.82. The van der Waals surface area contributed by atoms with Crippen LogP contribution in [-0.2, 0) is 4.79 Å². The molecule has 0 bridgehead atoms. The van der Waals surface area contributed by atoms with Crippen LogP contribution in [0, 0.1) is 6.92 Å². The number of nitrogens with zero attached hydrogens (tertiary/aromatic N) is 4. The quantitative estimate of drug-likeness (QED) is 0.713. The number of aliphatic hydroxyl groups is 1. The molecule has 4 rings (SSSR count). The predicted octanol–water partition coefficient (Wildman–Crippen LogP) is 2.93. The highest BCUT2D eigenvalue weighted by Gasteiger charge is 2.30. The lowest BCUT2D eigenvalue weighted by Crippen LogP contribution is -2.42. The van der Waals surface area contributed by atoms with Gasteiger partial charge in [0.25, 0.3) is 5.91 Å². The SMILES string of the molecule is Cc1ccc(-c2n[nH]c(C3CCN(C(=O)C(C)O)CC3)c2-c2ccncn2)cc1. The molecular formula is C22H25N5O2. The van der Waals surface area contributed by atoms with E-state index in [1.54, 1.807) is 17.4 Å². The zero-order valence-corrected chi connectivity index (χ0v) is 16.7. The number of nitrogens with one attached hydrogen (secondary N) is 1. The molecule has 7 heteroatoms. The monoisotopic (exact) mass is 391 g/mol. The van der Waals surface area contributed by atoms with Gasteiger partial charge in [-0.1, -0.05) is 29.8 Å². The number of aromatic nitrogens is 4. The first-order valence-electron chi connectivity index (χ1n) is 9.93. The summed E-state index contributed by atoms with van der Waals surface area (Å²) >= 11 is 0. The molecule has 1 aromatic carbocycles. The molecule has 0 aliphatic carbocycles. The van der Waals surface area contributed by atoms with E-state index in [-0.39, 0.29) is 11.8 Å². The van der Waals surface area contributed by atoms with Gasteiger partial charge in [-0.15, -0.1) is 0 Å². The van der Waals surface area contributed by atoms with Crippen LogP contribution in [0.1, 0.15) is 36.9 Å².